The highest BCUT2D eigenvalue weighted by Gasteiger charge is 2.25. The van der Waals surface area contributed by atoms with Gasteiger partial charge in [-0.1, -0.05) is 0 Å². The van der Waals surface area contributed by atoms with Crippen LogP contribution in [0.1, 0.15) is 54.8 Å². The summed E-state index contributed by atoms with van der Waals surface area (Å²) < 4.78 is 8.41. The molecule has 0 atom stereocenters. The molecule has 29 heavy (non-hydrogen) atoms. The number of aryl methyl sites for hydroxylation is 2. The minimum absolute atomic E-state index is 0.182. The summed E-state index contributed by atoms with van der Waals surface area (Å²) in [5.41, 5.74) is 6.08. The third-order valence-electron chi connectivity index (χ3n) is 6.46. The van der Waals surface area contributed by atoms with E-state index in [0.717, 1.165) is 84.0 Å². The van der Waals surface area contributed by atoms with Gasteiger partial charge in [-0.3, -0.25) is 4.98 Å². The summed E-state index contributed by atoms with van der Waals surface area (Å²) in [7, 11) is 0. The van der Waals surface area contributed by atoms with Crippen molar-refractivity contribution in [3.8, 4) is 22.9 Å². The van der Waals surface area contributed by atoms with E-state index in [1.54, 1.807) is 0 Å². The Morgan fingerprint density at radius 2 is 2.00 bits per heavy atom. The van der Waals surface area contributed by atoms with Gasteiger partial charge in [-0.25, -0.2) is 0 Å². The van der Waals surface area contributed by atoms with Crippen molar-refractivity contribution in [2.45, 2.75) is 57.6 Å². The smallest absolute Gasteiger partial charge is 0.133 e. The van der Waals surface area contributed by atoms with Gasteiger partial charge in [0.1, 0.15) is 5.75 Å². The highest BCUT2D eigenvalue weighted by Crippen LogP contribution is 2.42. The third-order valence-corrected chi connectivity index (χ3v) is 6.46. The Morgan fingerprint density at radius 3 is 2.79 bits per heavy atom. The molecule has 1 saturated carbocycles. The minimum Gasteiger partial charge on any atom is -0.493 e. The molecule has 1 aliphatic carbocycles. The van der Waals surface area contributed by atoms with E-state index in [9.17, 15) is 10.4 Å². The molecule has 0 amide bonds. The average molecular weight is 387 g/mol. The Balaban J connectivity index is 1.73. The molecule has 1 aliphatic heterocycles. The topological polar surface area (TPSA) is 71.1 Å². The number of nitriles is 1. The minimum atomic E-state index is -0.182. The Kier molecular flexibility index (Phi) is 4.52. The van der Waals surface area contributed by atoms with Gasteiger partial charge in [0, 0.05) is 52.2 Å². The molecule has 1 fully saturated rings. The van der Waals surface area contributed by atoms with Gasteiger partial charge in [-0.2, -0.15) is 5.26 Å². The van der Waals surface area contributed by atoms with Gasteiger partial charge < -0.3 is 14.4 Å². The summed E-state index contributed by atoms with van der Waals surface area (Å²) >= 11 is 0. The molecule has 3 aromatic rings. The average Bonchev–Trinajstić information content (AvgIpc) is 3.11. The molecule has 1 aromatic carbocycles. The molecule has 0 unspecified atom stereocenters. The Morgan fingerprint density at radius 1 is 1.17 bits per heavy atom. The SMILES string of the molecule is Cc1cc2c(cc1C#N)c(-c1cncc3c1OCCC3)cn2C1CCC(O)CC1. The van der Waals surface area contributed by atoms with Crippen molar-refractivity contribution in [3.63, 3.8) is 0 Å². The fraction of sp³-hybridized carbons (Fsp3) is 0.417. The summed E-state index contributed by atoms with van der Waals surface area (Å²) in [6.07, 6.45) is 11.4. The number of ether oxygens (including phenoxy) is 1. The van der Waals surface area contributed by atoms with Crippen LogP contribution in [0.5, 0.6) is 5.75 Å². The van der Waals surface area contributed by atoms with E-state index in [1.807, 2.05) is 25.4 Å². The maximum atomic E-state index is 9.95. The zero-order valence-electron chi connectivity index (χ0n) is 16.7. The molecule has 5 heteroatoms. The Labute approximate surface area is 170 Å². The third kappa shape index (κ3) is 3.08. The van der Waals surface area contributed by atoms with E-state index in [1.165, 1.54) is 0 Å². The largest absolute Gasteiger partial charge is 0.493 e. The van der Waals surface area contributed by atoms with Crippen LogP contribution in [0.25, 0.3) is 22.0 Å². The van der Waals surface area contributed by atoms with Crippen molar-refractivity contribution >= 4 is 10.9 Å². The van der Waals surface area contributed by atoms with E-state index in [4.69, 9.17) is 4.74 Å². The molecule has 0 bridgehead atoms. The van der Waals surface area contributed by atoms with Crippen molar-refractivity contribution in [1.29, 1.82) is 5.26 Å². The zero-order chi connectivity index (χ0) is 20.0. The fourth-order valence-electron chi connectivity index (χ4n) is 4.84. The van der Waals surface area contributed by atoms with Crippen molar-refractivity contribution in [2.75, 3.05) is 6.61 Å². The summed E-state index contributed by atoms with van der Waals surface area (Å²) in [6, 6.07) is 6.83. The number of fused-ring (bicyclic) bond motifs is 2. The van der Waals surface area contributed by atoms with Crippen LogP contribution in [0.15, 0.2) is 30.7 Å². The van der Waals surface area contributed by atoms with Crippen molar-refractivity contribution in [2.24, 2.45) is 0 Å². The lowest BCUT2D eigenvalue weighted by Gasteiger charge is -2.27. The second-order valence-electron chi connectivity index (χ2n) is 8.34. The molecule has 3 heterocycles. The first-order valence-electron chi connectivity index (χ1n) is 10.5. The van der Waals surface area contributed by atoms with Crippen LogP contribution in [0.3, 0.4) is 0 Å². The molecule has 0 spiro atoms. The van der Waals surface area contributed by atoms with Crippen LogP contribution in [-0.4, -0.2) is 27.4 Å². The maximum absolute atomic E-state index is 9.95. The van der Waals surface area contributed by atoms with E-state index < -0.39 is 0 Å². The van der Waals surface area contributed by atoms with E-state index in [2.05, 4.69) is 27.9 Å². The molecule has 2 aromatic heterocycles. The number of hydrogen-bond acceptors (Lipinski definition) is 4. The second-order valence-corrected chi connectivity index (χ2v) is 8.34. The van der Waals surface area contributed by atoms with Crippen LogP contribution < -0.4 is 4.74 Å². The zero-order valence-corrected chi connectivity index (χ0v) is 16.7. The Bertz CT molecular complexity index is 1120. The molecule has 148 valence electrons. The molecular weight excluding hydrogens is 362 g/mol. The maximum Gasteiger partial charge on any atom is 0.133 e. The van der Waals surface area contributed by atoms with Gasteiger partial charge >= 0.3 is 0 Å². The van der Waals surface area contributed by atoms with Crippen LogP contribution in [-0.2, 0) is 6.42 Å². The number of nitrogens with zero attached hydrogens (tertiary/aromatic N) is 3. The van der Waals surface area contributed by atoms with Gasteiger partial charge in [0.05, 0.1) is 24.3 Å². The molecule has 1 N–H and O–H groups in total. The predicted molar refractivity (Wildman–Crippen MR) is 112 cm³/mol. The number of aromatic nitrogens is 2. The van der Waals surface area contributed by atoms with Gasteiger partial charge in [0.25, 0.3) is 0 Å². The summed E-state index contributed by atoms with van der Waals surface area (Å²) in [5.74, 6) is 0.934. The number of benzene rings is 1. The monoisotopic (exact) mass is 387 g/mol. The lowest BCUT2D eigenvalue weighted by molar-refractivity contribution is 0.111. The molecule has 5 nitrogen and oxygen atoms in total. The highest BCUT2D eigenvalue weighted by molar-refractivity contribution is 5.99. The fourth-order valence-corrected chi connectivity index (χ4v) is 4.84. The first-order chi connectivity index (χ1) is 14.2. The Hall–Kier alpha value is -2.84. The number of aliphatic hydroxyl groups excluding tert-OH is 1. The quantitative estimate of drug-likeness (QED) is 0.693. The summed E-state index contributed by atoms with van der Waals surface area (Å²) in [6.45, 7) is 2.72. The van der Waals surface area contributed by atoms with Crippen LogP contribution >= 0.6 is 0 Å². The van der Waals surface area contributed by atoms with Crippen molar-refractivity contribution in [1.82, 2.24) is 9.55 Å². The predicted octanol–water partition coefficient (Wildman–Crippen LogP) is 4.68. The number of rotatable bonds is 2. The summed E-state index contributed by atoms with van der Waals surface area (Å²) in [4.78, 5) is 4.49. The van der Waals surface area contributed by atoms with E-state index >= 15 is 0 Å². The molecule has 2 aliphatic rings. The number of pyridine rings is 1. The molecule has 0 saturated heterocycles. The first-order valence-corrected chi connectivity index (χ1v) is 10.5. The van der Waals surface area contributed by atoms with Gasteiger partial charge in [-0.15, -0.1) is 0 Å². The van der Waals surface area contributed by atoms with Gasteiger partial charge in [0.15, 0.2) is 0 Å². The lowest BCUT2D eigenvalue weighted by atomic mass is 9.93. The van der Waals surface area contributed by atoms with Gasteiger partial charge in [0.2, 0.25) is 0 Å². The standard InChI is InChI=1S/C24H25N3O2/c1-15-9-23-20(10-17(15)11-25)22(14-27(23)18-4-6-19(28)7-5-18)21-13-26-12-16-3-2-8-29-24(16)21/h9-10,12-14,18-19,28H,2-8H2,1H3. The van der Waals surface area contributed by atoms with Crippen molar-refractivity contribution in [3.05, 3.63) is 47.4 Å². The molecule has 5 rings (SSSR count). The second kappa shape index (κ2) is 7.20. The number of aliphatic hydroxyl groups is 1. The highest BCUT2D eigenvalue weighted by atomic mass is 16.5. The lowest BCUT2D eigenvalue weighted by Crippen LogP contribution is -2.20. The van der Waals surface area contributed by atoms with Crippen LogP contribution in [0.2, 0.25) is 0 Å². The van der Waals surface area contributed by atoms with Crippen molar-refractivity contribution < 1.29 is 9.84 Å². The van der Waals surface area contributed by atoms with Gasteiger partial charge in [-0.05, 0) is 63.1 Å². The normalized spacial score (nSPS) is 21.4. The van der Waals surface area contributed by atoms with E-state index in [-0.39, 0.29) is 6.10 Å². The molecular formula is C24H25N3O2. The first kappa shape index (κ1) is 18.2. The van der Waals surface area contributed by atoms with Crippen LogP contribution in [0, 0.1) is 18.3 Å². The number of hydrogen-bond donors (Lipinski definition) is 1. The van der Waals surface area contributed by atoms with E-state index in [0.29, 0.717) is 11.6 Å². The van der Waals surface area contributed by atoms with Crippen LogP contribution in [0.4, 0.5) is 0 Å². The summed E-state index contributed by atoms with van der Waals surface area (Å²) in [5, 5.41) is 20.6. The molecule has 0 radical (unpaired) electrons.